The van der Waals surface area contributed by atoms with Gasteiger partial charge in [-0.15, -0.1) is 0 Å². The van der Waals surface area contributed by atoms with Crippen molar-refractivity contribution in [1.29, 1.82) is 0 Å². The van der Waals surface area contributed by atoms with Crippen LogP contribution in [0.4, 0.5) is 0 Å². The molecule has 4 rings (SSSR count). The summed E-state index contributed by atoms with van der Waals surface area (Å²) in [5.74, 6) is -0.512. The Labute approximate surface area is 215 Å². The molecule has 0 aliphatic carbocycles. The molecule has 6 nitrogen and oxygen atoms in total. The summed E-state index contributed by atoms with van der Waals surface area (Å²) in [6.07, 6.45) is 1.07. The summed E-state index contributed by atoms with van der Waals surface area (Å²) in [7, 11) is 0. The lowest BCUT2D eigenvalue weighted by atomic mass is 10.0. The maximum atomic E-state index is 12.3. The molecular formula is C31H26O6. The zero-order chi connectivity index (χ0) is 26.5. The Morgan fingerprint density at radius 1 is 0.676 bits per heavy atom. The van der Waals surface area contributed by atoms with Gasteiger partial charge in [0.15, 0.2) is 11.6 Å². The highest BCUT2D eigenvalue weighted by molar-refractivity contribution is 6.10. The maximum absolute atomic E-state index is 12.3. The number of rotatable bonds is 9. The lowest BCUT2D eigenvalue weighted by Crippen LogP contribution is -2.10. The largest absolute Gasteiger partial charge is 0.507 e. The van der Waals surface area contributed by atoms with Crippen LogP contribution in [0.5, 0.6) is 11.5 Å². The Hall–Kier alpha value is -4.97. The molecule has 0 aromatic heterocycles. The average molecular weight is 495 g/mol. The van der Waals surface area contributed by atoms with Crippen molar-refractivity contribution in [2.75, 3.05) is 13.2 Å². The van der Waals surface area contributed by atoms with Crippen molar-refractivity contribution in [3.63, 3.8) is 0 Å². The van der Waals surface area contributed by atoms with Gasteiger partial charge in [-0.05, 0) is 12.1 Å². The summed E-state index contributed by atoms with van der Waals surface area (Å²) in [5, 5.41) is 10.0. The van der Waals surface area contributed by atoms with Crippen LogP contribution in [0, 0.1) is 0 Å². The van der Waals surface area contributed by atoms with Crippen LogP contribution in [0.15, 0.2) is 122 Å². The van der Waals surface area contributed by atoms with Crippen molar-refractivity contribution >= 4 is 17.5 Å². The Balaban J connectivity index is 0.000000231. The summed E-state index contributed by atoms with van der Waals surface area (Å²) in [4.78, 5) is 35.0. The SMILES string of the molecule is C=CC(=O)OCCOc1ccc(C(=O)c2ccccc2)c(O)c1.O=C(c1ccccc1)c1ccccc1. The Morgan fingerprint density at radius 2 is 1.16 bits per heavy atom. The van der Waals surface area contributed by atoms with Gasteiger partial charge in [-0.25, -0.2) is 4.79 Å². The van der Waals surface area contributed by atoms with Gasteiger partial charge in [0.05, 0.1) is 5.56 Å². The third-order valence-electron chi connectivity index (χ3n) is 5.08. The number of ketones is 2. The van der Waals surface area contributed by atoms with E-state index in [-0.39, 0.29) is 36.1 Å². The van der Waals surface area contributed by atoms with Crippen LogP contribution in [-0.4, -0.2) is 35.9 Å². The molecule has 0 spiro atoms. The molecule has 6 heteroatoms. The summed E-state index contributed by atoms with van der Waals surface area (Å²) in [5.41, 5.74) is 2.16. The zero-order valence-electron chi connectivity index (χ0n) is 20.1. The van der Waals surface area contributed by atoms with E-state index in [9.17, 15) is 19.5 Å². The summed E-state index contributed by atoms with van der Waals surface area (Å²) in [6, 6.07) is 31.7. The van der Waals surface area contributed by atoms with Crippen molar-refractivity contribution in [3.05, 3.63) is 144 Å². The smallest absolute Gasteiger partial charge is 0.330 e. The zero-order valence-corrected chi connectivity index (χ0v) is 20.1. The van der Waals surface area contributed by atoms with Crippen LogP contribution in [0.25, 0.3) is 0 Å². The first-order valence-corrected chi connectivity index (χ1v) is 11.5. The van der Waals surface area contributed by atoms with Gasteiger partial charge in [0, 0.05) is 28.8 Å². The number of phenols is 1. The molecule has 0 saturated heterocycles. The number of hydrogen-bond donors (Lipinski definition) is 1. The third-order valence-corrected chi connectivity index (χ3v) is 5.08. The minimum Gasteiger partial charge on any atom is -0.507 e. The monoisotopic (exact) mass is 494 g/mol. The van der Waals surface area contributed by atoms with Crippen LogP contribution >= 0.6 is 0 Å². The fourth-order valence-corrected chi connectivity index (χ4v) is 3.24. The highest BCUT2D eigenvalue weighted by Gasteiger charge is 2.14. The quantitative estimate of drug-likeness (QED) is 0.140. The molecule has 0 heterocycles. The number of esters is 1. The summed E-state index contributed by atoms with van der Waals surface area (Å²) >= 11 is 0. The van der Waals surface area contributed by atoms with Crippen molar-refractivity contribution in [3.8, 4) is 11.5 Å². The molecule has 0 bridgehead atoms. The molecule has 0 fully saturated rings. The topological polar surface area (TPSA) is 89.9 Å². The fraction of sp³-hybridized carbons (Fsp3) is 0.0645. The predicted molar refractivity (Wildman–Crippen MR) is 141 cm³/mol. The molecule has 4 aromatic carbocycles. The minimum absolute atomic E-state index is 0.0658. The molecule has 4 aromatic rings. The van der Waals surface area contributed by atoms with Crippen molar-refractivity contribution in [1.82, 2.24) is 0 Å². The number of hydrogen-bond acceptors (Lipinski definition) is 6. The second-order valence-electron chi connectivity index (χ2n) is 7.66. The van der Waals surface area contributed by atoms with Gasteiger partial charge in [-0.1, -0.05) is 97.6 Å². The van der Waals surface area contributed by atoms with E-state index in [1.807, 2.05) is 66.7 Å². The molecule has 0 unspecified atom stereocenters. The molecule has 37 heavy (non-hydrogen) atoms. The normalized spacial score (nSPS) is 9.84. The van der Waals surface area contributed by atoms with E-state index in [1.165, 1.54) is 12.1 Å². The van der Waals surface area contributed by atoms with E-state index in [4.69, 9.17) is 9.47 Å². The number of benzene rings is 4. The molecule has 0 amide bonds. The Kier molecular flexibility index (Phi) is 9.93. The van der Waals surface area contributed by atoms with Gasteiger partial charge in [0.1, 0.15) is 24.7 Å². The van der Waals surface area contributed by atoms with E-state index in [1.54, 1.807) is 30.3 Å². The molecule has 0 saturated carbocycles. The lowest BCUT2D eigenvalue weighted by Gasteiger charge is -2.09. The first kappa shape index (κ1) is 26.6. The average Bonchev–Trinajstić information content (AvgIpc) is 2.96. The highest BCUT2D eigenvalue weighted by Crippen LogP contribution is 2.25. The second kappa shape index (κ2) is 13.8. The van der Waals surface area contributed by atoms with Crippen LogP contribution in [0.3, 0.4) is 0 Å². The molecular weight excluding hydrogens is 468 g/mol. The number of ether oxygens (including phenoxy) is 2. The van der Waals surface area contributed by atoms with Crippen LogP contribution in [0.1, 0.15) is 31.8 Å². The number of carbonyl (C=O) groups excluding carboxylic acids is 3. The molecule has 0 aliphatic rings. The van der Waals surface area contributed by atoms with E-state index >= 15 is 0 Å². The number of phenolic OH excluding ortho intramolecular Hbond substituents is 1. The summed E-state index contributed by atoms with van der Waals surface area (Å²) < 4.78 is 10.1. The van der Waals surface area contributed by atoms with Crippen LogP contribution < -0.4 is 4.74 Å². The maximum Gasteiger partial charge on any atom is 0.330 e. The molecule has 186 valence electrons. The van der Waals surface area contributed by atoms with Crippen molar-refractivity contribution < 1.29 is 29.0 Å². The lowest BCUT2D eigenvalue weighted by molar-refractivity contribution is -0.138. The van der Waals surface area contributed by atoms with Gasteiger partial charge in [0.25, 0.3) is 0 Å². The van der Waals surface area contributed by atoms with Crippen LogP contribution in [-0.2, 0) is 9.53 Å². The van der Waals surface area contributed by atoms with Gasteiger partial charge >= 0.3 is 5.97 Å². The molecule has 1 N–H and O–H groups in total. The van der Waals surface area contributed by atoms with E-state index in [0.717, 1.165) is 17.2 Å². The molecule has 0 atom stereocenters. The molecule has 0 radical (unpaired) electrons. The van der Waals surface area contributed by atoms with Crippen LogP contribution in [0.2, 0.25) is 0 Å². The van der Waals surface area contributed by atoms with Crippen molar-refractivity contribution in [2.24, 2.45) is 0 Å². The predicted octanol–water partition coefficient (Wildman–Crippen LogP) is 5.65. The Bertz CT molecular complexity index is 1290. The highest BCUT2D eigenvalue weighted by atomic mass is 16.6. The standard InChI is InChI=1S/C18H16O5.C13H10O/c1-2-17(20)23-11-10-22-14-8-9-15(16(19)12-14)18(21)13-6-4-3-5-7-13;14-13(11-7-3-1-4-8-11)12-9-5-2-6-10-12/h2-9,12,19H,1,10-11H2;1-10H. The van der Waals surface area contributed by atoms with E-state index in [0.29, 0.717) is 11.3 Å². The minimum atomic E-state index is -0.528. The number of aromatic hydroxyl groups is 1. The first-order valence-electron chi connectivity index (χ1n) is 11.5. The van der Waals surface area contributed by atoms with Gasteiger partial charge in [-0.3, -0.25) is 9.59 Å². The van der Waals surface area contributed by atoms with E-state index in [2.05, 4.69) is 6.58 Å². The fourth-order valence-electron chi connectivity index (χ4n) is 3.24. The van der Waals surface area contributed by atoms with Gasteiger partial charge in [-0.2, -0.15) is 0 Å². The number of carbonyl (C=O) groups is 3. The first-order chi connectivity index (χ1) is 18.0. The van der Waals surface area contributed by atoms with E-state index < -0.39 is 5.97 Å². The third kappa shape index (κ3) is 8.04. The second-order valence-corrected chi connectivity index (χ2v) is 7.66. The molecule has 0 aliphatic heterocycles. The van der Waals surface area contributed by atoms with Gasteiger partial charge in [0.2, 0.25) is 0 Å². The summed E-state index contributed by atoms with van der Waals surface area (Å²) in [6.45, 7) is 3.48. The van der Waals surface area contributed by atoms with Gasteiger partial charge < -0.3 is 14.6 Å². The van der Waals surface area contributed by atoms with Crippen molar-refractivity contribution in [2.45, 2.75) is 0 Å². The Morgan fingerprint density at radius 3 is 1.62 bits per heavy atom.